The molecule has 0 saturated carbocycles. The third-order valence-corrected chi connectivity index (χ3v) is 2.41. The Bertz CT molecular complexity index is 327. The van der Waals surface area contributed by atoms with Gasteiger partial charge in [0.25, 0.3) is 0 Å². The molecule has 0 saturated heterocycles. The van der Waals surface area contributed by atoms with Crippen molar-refractivity contribution in [3.8, 4) is 0 Å². The van der Waals surface area contributed by atoms with Crippen molar-refractivity contribution in [3.63, 3.8) is 0 Å². The maximum absolute atomic E-state index is 11.5. The largest absolute Gasteiger partial charge is 0.380 e. The predicted octanol–water partition coefficient (Wildman–Crippen LogP) is 1.23. The van der Waals surface area contributed by atoms with Crippen LogP contribution in [0.15, 0.2) is 30.3 Å². The molecule has 1 unspecified atom stereocenters. The van der Waals surface area contributed by atoms with E-state index in [-0.39, 0.29) is 11.9 Å². The lowest BCUT2D eigenvalue weighted by Gasteiger charge is -2.12. The molecule has 0 bridgehead atoms. The molecule has 4 nitrogen and oxygen atoms in total. The van der Waals surface area contributed by atoms with E-state index >= 15 is 0 Å². The summed E-state index contributed by atoms with van der Waals surface area (Å²) in [5.41, 5.74) is 6.91. The van der Waals surface area contributed by atoms with Gasteiger partial charge in [0.1, 0.15) is 0 Å². The number of ether oxygens (including phenoxy) is 1. The molecule has 1 aromatic carbocycles. The van der Waals surface area contributed by atoms with Crippen molar-refractivity contribution in [2.45, 2.75) is 19.4 Å². The third-order valence-electron chi connectivity index (χ3n) is 2.41. The van der Waals surface area contributed by atoms with Crippen LogP contribution in [0.25, 0.3) is 0 Å². The second-order valence-corrected chi connectivity index (χ2v) is 3.77. The van der Waals surface area contributed by atoms with Crippen molar-refractivity contribution in [1.82, 2.24) is 5.32 Å². The molecular weight excluding hydrogens is 216 g/mol. The Balaban J connectivity index is 2.26. The average Bonchev–Trinajstić information content (AvgIpc) is 2.36. The van der Waals surface area contributed by atoms with Gasteiger partial charge in [0, 0.05) is 25.6 Å². The lowest BCUT2D eigenvalue weighted by Crippen LogP contribution is -2.30. The monoisotopic (exact) mass is 236 g/mol. The van der Waals surface area contributed by atoms with E-state index in [1.54, 1.807) is 0 Å². The predicted molar refractivity (Wildman–Crippen MR) is 67.5 cm³/mol. The van der Waals surface area contributed by atoms with Crippen LogP contribution in [0.4, 0.5) is 0 Å². The van der Waals surface area contributed by atoms with E-state index in [4.69, 9.17) is 10.5 Å². The Morgan fingerprint density at radius 2 is 2.12 bits per heavy atom. The summed E-state index contributed by atoms with van der Waals surface area (Å²) >= 11 is 0. The van der Waals surface area contributed by atoms with Crippen LogP contribution in [-0.2, 0) is 9.53 Å². The zero-order chi connectivity index (χ0) is 12.5. The van der Waals surface area contributed by atoms with E-state index in [2.05, 4.69) is 5.32 Å². The van der Waals surface area contributed by atoms with Crippen LogP contribution in [0.1, 0.15) is 24.9 Å². The van der Waals surface area contributed by atoms with Gasteiger partial charge in [-0.05, 0) is 12.5 Å². The number of hydrogen-bond acceptors (Lipinski definition) is 3. The van der Waals surface area contributed by atoms with Crippen molar-refractivity contribution in [2.75, 3.05) is 19.8 Å². The van der Waals surface area contributed by atoms with Crippen LogP contribution >= 0.6 is 0 Å². The van der Waals surface area contributed by atoms with Crippen molar-refractivity contribution in [2.24, 2.45) is 5.73 Å². The number of nitrogens with one attached hydrogen (secondary N) is 1. The molecule has 0 aliphatic heterocycles. The first kappa shape index (κ1) is 13.7. The molecule has 0 heterocycles. The van der Waals surface area contributed by atoms with Gasteiger partial charge in [0.15, 0.2) is 0 Å². The molecule has 1 atom stereocenters. The Morgan fingerprint density at radius 1 is 1.41 bits per heavy atom. The molecular formula is C13H20N2O2. The number of rotatable bonds is 7. The van der Waals surface area contributed by atoms with E-state index < -0.39 is 0 Å². The van der Waals surface area contributed by atoms with Crippen LogP contribution in [0.5, 0.6) is 0 Å². The molecule has 94 valence electrons. The summed E-state index contributed by atoms with van der Waals surface area (Å²) in [6, 6.07) is 9.38. The molecule has 3 N–H and O–H groups in total. The topological polar surface area (TPSA) is 64.3 Å². The highest BCUT2D eigenvalue weighted by Crippen LogP contribution is 2.12. The zero-order valence-electron chi connectivity index (χ0n) is 10.2. The standard InChI is InChI=1S/C13H20N2O2/c1-2-17-9-8-15-13(16)10-12(14)11-6-4-3-5-7-11/h3-7,12H,2,8-10,14H2,1H3,(H,15,16). The molecule has 0 aromatic heterocycles. The Labute approximate surface area is 102 Å². The van der Waals surface area contributed by atoms with Gasteiger partial charge in [-0.1, -0.05) is 30.3 Å². The Kier molecular flexibility index (Phi) is 6.29. The summed E-state index contributed by atoms with van der Waals surface area (Å²) in [5, 5.41) is 2.77. The number of amides is 1. The molecule has 1 rings (SSSR count). The van der Waals surface area contributed by atoms with Gasteiger partial charge < -0.3 is 15.8 Å². The first-order valence-electron chi connectivity index (χ1n) is 5.89. The Hall–Kier alpha value is -1.39. The lowest BCUT2D eigenvalue weighted by molar-refractivity contribution is -0.121. The fourth-order valence-corrected chi connectivity index (χ4v) is 1.50. The van der Waals surface area contributed by atoms with E-state index in [0.717, 1.165) is 5.56 Å². The zero-order valence-corrected chi connectivity index (χ0v) is 10.2. The van der Waals surface area contributed by atoms with Gasteiger partial charge in [-0.25, -0.2) is 0 Å². The van der Waals surface area contributed by atoms with Crippen LogP contribution in [0.3, 0.4) is 0 Å². The maximum atomic E-state index is 11.5. The van der Waals surface area contributed by atoms with Gasteiger partial charge in [0.2, 0.25) is 5.91 Å². The van der Waals surface area contributed by atoms with Crippen molar-refractivity contribution < 1.29 is 9.53 Å². The van der Waals surface area contributed by atoms with E-state index in [1.165, 1.54) is 0 Å². The SMILES string of the molecule is CCOCCNC(=O)CC(N)c1ccccc1. The minimum absolute atomic E-state index is 0.0407. The van der Waals surface area contributed by atoms with Crippen molar-refractivity contribution in [3.05, 3.63) is 35.9 Å². The first-order chi connectivity index (χ1) is 8.24. The summed E-state index contributed by atoms with van der Waals surface area (Å²) in [7, 11) is 0. The van der Waals surface area contributed by atoms with E-state index in [9.17, 15) is 4.79 Å². The third kappa shape index (κ3) is 5.47. The van der Waals surface area contributed by atoms with Crippen molar-refractivity contribution >= 4 is 5.91 Å². The van der Waals surface area contributed by atoms with Crippen LogP contribution in [0.2, 0.25) is 0 Å². The molecule has 0 spiro atoms. The van der Waals surface area contributed by atoms with Crippen LogP contribution in [0, 0.1) is 0 Å². The van der Waals surface area contributed by atoms with E-state index in [1.807, 2.05) is 37.3 Å². The van der Waals surface area contributed by atoms with Gasteiger partial charge in [-0.3, -0.25) is 4.79 Å². The summed E-state index contributed by atoms with van der Waals surface area (Å²) in [6.45, 7) is 3.67. The van der Waals surface area contributed by atoms with E-state index in [0.29, 0.717) is 26.2 Å². The van der Waals surface area contributed by atoms with Crippen LogP contribution < -0.4 is 11.1 Å². The second kappa shape index (κ2) is 7.81. The quantitative estimate of drug-likeness (QED) is 0.700. The normalized spacial score (nSPS) is 12.1. The maximum Gasteiger partial charge on any atom is 0.221 e. The summed E-state index contributed by atoms with van der Waals surface area (Å²) in [6.07, 6.45) is 0.302. The summed E-state index contributed by atoms with van der Waals surface area (Å²) in [5.74, 6) is -0.0407. The lowest BCUT2D eigenvalue weighted by atomic mass is 10.0. The summed E-state index contributed by atoms with van der Waals surface area (Å²) < 4.78 is 5.13. The number of carbonyl (C=O) groups excluding carboxylic acids is 1. The molecule has 4 heteroatoms. The van der Waals surface area contributed by atoms with Crippen molar-refractivity contribution in [1.29, 1.82) is 0 Å². The molecule has 0 radical (unpaired) electrons. The Morgan fingerprint density at radius 3 is 2.76 bits per heavy atom. The summed E-state index contributed by atoms with van der Waals surface area (Å²) in [4.78, 5) is 11.5. The fourth-order valence-electron chi connectivity index (χ4n) is 1.50. The molecule has 1 amide bonds. The highest BCUT2D eigenvalue weighted by molar-refractivity contribution is 5.76. The molecule has 1 aromatic rings. The molecule has 0 aliphatic carbocycles. The number of benzene rings is 1. The fraction of sp³-hybridized carbons (Fsp3) is 0.462. The number of carbonyl (C=O) groups is 1. The first-order valence-corrected chi connectivity index (χ1v) is 5.89. The number of nitrogens with two attached hydrogens (primary N) is 1. The average molecular weight is 236 g/mol. The minimum atomic E-state index is -0.247. The highest BCUT2D eigenvalue weighted by Gasteiger charge is 2.10. The second-order valence-electron chi connectivity index (χ2n) is 3.77. The van der Waals surface area contributed by atoms with Crippen LogP contribution in [-0.4, -0.2) is 25.7 Å². The molecule has 0 aliphatic rings. The number of hydrogen-bond donors (Lipinski definition) is 2. The molecule has 17 heavy (non-hydrogen) atoms. The van der Waals surface area contributed by atoms with Gasteiger partial charge in [-0.2, -0.15) is 0 Å². The minimum Gasteiger partial charge on any atom is -0.380 e. The van der Waals surface area contributed by atoms with Gasteiger partial charge >= 0.3 is 0 Å². The van der Waals surface area contributed by atoms with Gasteiger partial charge in [0.05, 0.1) is 6.61 Å². The highest BCUT2D eigenvalue weighted by atomic mass is 16.5. The van der Waals surface area contributed by atoms with Gasteiger partial charge in [-0.15, -0.1) is 0 Å². The smallest absolute Gasteiger partial charge is 0.221 e. The molecule has 0 fully saturated rings.